The fraction of sp³-hybridized carbons (Fsp3) is 0.579. The van der Waals surface area contributed by atoms with Gasteiger partial charge in [-0.1, -0.05) is 18.2 Å². The molecule has 5 nitrogen and oxygen atoms in total. The molecular weight excluding hydrogens is 302 g/mol. The standard InChI is InChI=1S/C19H27N3O2/c1-14(21-8-10-24-11-9-21)22-7-6-17-16-4-2-3-5-18(16)20-19(17)15(12-22)13-23/h2-5,14-15,20,23H,6-13H2,1H3. The highest BCUT2D eigenvalue weighted by atomic mass is 16.5. The number of benzene rings is 1. The van der Waals surface area contributed by atoms with Crippen LogP contribution < -0.4 is 0 Å². The van der Waals surface area contributed by atoms with E-state index in [1.165, 1.54) is 22.2 Å². The second-order valence-corrected chi connectivity index (χ2v) is 6.97. The minimum Gasteiger partial charge on any atom is -0.396 e. The highest BCUT2D eigenvalue weighted by Gasteiger charge is 2.30. The van der Waals surface area contributed by atoms with E-state index in [1.807, 2.05) is 0 Å². The lowest BCUT2D eigenvalue weighted by Crippen LogP contribution is -2.52. The van der Waals surface area contributed by atoms with Crippen LogP contribution in [0.2, 0.25) is 0 Å². The number of aromatic amines is 1. The van der Waals surface area contributed by atoms with Gasteiger partial charge in [-0.15, -0.1) is 0 Å². The Morgan fingerprint density at radius 1 is 1.21 bits per heavy atom. The van der Waals surface area contributed by atoms with Crippen molar-refractivity contribution >= 4 is 10.9 Å². The molecule has 4 rings (SSSR count). The summed E-state index contributed by atoms with van der Waals surface area (Å²) >= 11 is 0. The van der Waals surface area contributed by atoms with Gasteiger partial charge in [0.1, 0.15) is 0 Å². The summed E-state index contributed by atoms with van der Waals surface area (Å²) in [4.78, 5) is 8.59. The van der Waals surface area contributed by atoms with E-state index in [4.69, 9.17) is 4.74 Å². The van der Waals surface area contributed by atoms with Crippen LogP contribution in [0.15, 0.2) is 24.3 Å². The Morgan fingerprint density at radius 3 is 2.79 bits per heavy atom. The quantitative estimate of drug-likeness (QED) is 0.901. The maximum Gasteiger partial charge on any atom is 0.0595 e. The molecule has 0 spiro atoms. The highest BCUT2D eigenvalue weighted by molar-refractivity contribution is 5.85. The molecule has 0 radical (unpaired) electrons. The predicted molar refractivity (Wildman–Crippen MR) is 95.3 cm³/mol. The molecule has 1 saturated heterocycles. The number of nitrogens with zero attached hydrogens (tertiary/aromatic N) is 2. The van der Waals surface area contributed by atoms with Crippen molar-refractivity contribution in [1.82, 2.24) is 14.8 Å². The Hall–Kier alpha value is -1.40. The molecule has 0 amide bonds. The summed E-state index contributed by atoms with van der Waals surface area (Å²) in [5, 5.41) is 11.3. The second kappa shape index (κ2) is 6.84. The van der Waals surface area contributed by atoms with E-state index in [9.17, 15) is 5.11 Å². The zero-order chi connectivity index (χ0) is 16.5. The van der Waals surface area contributed by atoms with Crippen molar-refractivity contribution in [2.75, 3.05) is 46.0 Å². The average Bonchev–Trinajstić information content (AvgIpc) is 2.90. The summed E-state index contributed by atoms with van der Waals surface area (Å²) in [5.74, 6) is 0.151. The number of morpholine rings is 1. The van der Waals surface area contributed by atoms with Crippen molar-refractivity contribution in [2.24, 2.45) is 0 Å². The fourth-order valence-electron chi connectivity index (χ4n) is 4.23. The number of para-hydroxylation sites is 1. The van der Waals surface area contributed by atoms with E-state index in [2.05, 4.69) is 46.0 Å². The van der Waals surface area contributed by atoms with Crippen LogP contribution in [0.1, 0.15) is 24.1 Å². The van der Waals surface area contributed by atoms with Gasteiger partial charge in [-0.25, -0.2) is 0 Å². The van der Waals surface area contributed by atoms with Crippen LogP contribution in [0.5, 0.6) is 0 Å². The van der Waals surface area contributed by atoms with Gasteiger partial charge in [0.15, 0.2) is 0 Å². The third-order valence-corrected chi connectivity index (χ3v) is 5.68. The van der Waals surface area contributed by atoms with Gasteiger partial charge in [0.25, 0.3) is 0 Å². The summed E-state index contributed by atoms with van der Waals surface area (Å²) < 4.78 is 5.49. The van der Waals surface area contributed by atoms with Gasteiger partial charge in [-0.05, 0) is 25.0 Å². The summed E-state index contributed by atoms with van der Waals surface area (Å²) in [5.41, 5.74) is 3.81. The molecule has 2 atom stereocenters. The molecular formula is C19H27N3O2. The number of aromatic nitrogens is 1. The predicted octanol–water partition coefficient (Wildman–Crippen LogP) is 1.78. The number of hydrogen-bond acceptors (Lipinski definition) is 4. The topological polar surface area (TPSA) is 51.7 Å². The van der Waals surface area contributed by atoms with E-state index in [0.717, 1.165) is 45.8 Å². The van der Waals surface area contributed by atoms with Crippen molar-refractivity contribution in [1.29, 1.82) is 0 Å². The largest absolute Gasteiger partial charge is 0.396 e. The number of fused-ring (bicyclic) bond motifs is 3. The lowest BCUT2D eigenvalue weighted by atomic mass is 10.0. The van der Waals surface area contributed by atoms with Gasteiger partial charge in [0.05, 0.1) is 26.0 Å². The van der Waals surface area contributed by atoms with Gasteiger partial charge in [-0.3, -0.25) is 9.80 Å². The van der Waals surface area contributed by atoms with Gasteiger partial charge >= 0.3 is 0 Å². The zero-order valence-electron chi connectivity index (χ0n) is 14.4. The lowest BCUT2D eigenvalue weighted by molar-refractivity contribution is -0.0284. The minimum atomic E-state index is 0.151. The maximum absolute atomic E-state index is 10.0. The van der Waals surface area contributed by atoms with Crippen LogP contribution in [0, 0.1) is 0 Å². The smallest absolute Gasteiger partial charge is 0.0595 e. The highest BCUT2D eigenvalue weighted by Crippen LogP contribution is 2.32. The zero-order valence-corrected chi connectivity index (χ0v) is 14.4. The van der Waals surface area contributed by atoms with Crippen LogP contribution in [0.3, 0.4) is 0 Å². The van der Waals surface area contributed by atoms with Crippen molar-refractivity contribution in [2.45, 2.75) is 25.4 Å². The third-order valence-electron chi connectivity index (χ3n) is 5.68. The van der Waals surface area contributed by atoms with E-state index in [0.29, 0.717) is 6.17 Å². The van der Waals surface area contributed by atoms with Gasteiger partial charge < -0.3 is 14.8 Å². The molecule has 1 aromatic heterocycles. The minimum absolute atomic E-state index is 0.151. The number of aliphatic hydroxyl groups excluding tert-OH is 1. The molecule has 2 unspecified atom stereocenters. The molecule has 1 fully saturated rings. The summed E-state index contributed by atoms with van der Waals surface area (Å²) in [6.07, 6.45) is 1.42. The molecule has 5 heteroatoms. The summed E-state index contributed by atoms with van der Waals surface area (Å²) in [6.45, 7) is 8.05. The van der Waals surface area contributed by atoms with E-state index in [1.54, 1.807) is 0 Å². The van der Waals surface area contributed by atoms with E-state index in [-0.39, 0.29) is 12.5 Å². The number of ether oxygens (including phenoxy) is 1. The molecule has 1 aromatic carbocycles. The lowest BCUT2D eigenvalue weighted by Gasteiger charge is -2.39. The van der Waals surface area contributed by atoms with Gasteiger partial charge in [-0.2, -0.15) is 0 Å². The Bertz CT molecular complexity index is 693. The molecule has 2 N–H and O–H groups in total. The van der Waals surface area contributed by atoms with Gasteiger partial charge in [0, 0.05) is 48.7 Å². The molecule has 130 valence electrons. The molecule has 2 aliphatic heterocycles. The fourth-order valence-corrected chi connectivity index (χ4v) is 4.23. The van der Waals surface area contributed by atoms with Gasteiger partial charge in [0.2, 0.25) is 0 Å². The number of H-pyrrole nitrogens is 1. The molecule has 3 heterocycles. The van der Waals surface area contributed by atoms with Crippen LogP contribution in [-0.2, 0) is 11.2 Å². The summed E-state index contributed by atoms with van der Waals surface area (Å²) in [6, 6.07) is 8.50. The Kier molecular flexibility index (Phi) is 4.59. The van der Waals surface area contributed by atoms with Crippen LogP contribution in [0.25, 0.3) is 10.9 Å². The Balaban J connectivity index is 1.60. The Morgan fingerprint density at radius 2 is 2.00 bits per heavy atom. The first-order valence-electron chi connectivity index (χ1n) is 9.04. The van der Waals surface area contributed by atoms with E-state index < -0.39 is 0 Å². The normalized spacial score (nSPS) is 24.7. The molecule has 0 bridgehead atoms. The monoisotopic (exact) mass is 329 g/mol. The number of nitrogens with one attached hydrogen (secondary N) is 1. The number of aliphatic hydroxyl groups is 1. The first-order chi connectivity index (χ1) is 11.8. The third kappa shape index (κ3) is 2.86. The SMILES string of the molecule is CC(N1CCOCC1)N1CCc2c([nH]c3ccccc23)C(CO)C1. The molecule has 2 aromatic rings. The van der Waals surface area contributed by atoms with Crippen molar-refractivity contribution in [3.63, 3.8) is 0 Å². The summed E-state index contributed by atoms with van der Waals surface area (Å²) in [7, 11) is 0. The second-order valence-electron chi connectivity index (χ2n) is 6.97. The molecule has 24 heavy (non-hydrogen) atoms. The first kappa shape index (κ1) is 16.1. The van der Waals surface area contributed by atoms with Crippen molar-refractivity contribution < 1.29 is 9.84 Å². The van der Waals surface area contributed by atoms with Crippen LogP contribution >= 0.6 is 0 Å². The van der Waals surface area contributed by atoms with E-state index >= 15 is 0 Å². The molecule has 0 saturated carbocycles. The molecule has 2 aliphatic rings. The first-order valence-corrected chi connectivity index (χ1v) is 9.04. The Labute approximate surface area is 143 Å². The van der Waals surface area contributed by atoms with Crippen LogP contribution in [-0.4, -0.2) is 72.1 Å². The van der Waals surface area contributed by atoms with Crippen molar-refractivity contribution in [3.05, 3.63) is 35.5 Å². The molecule has 0 aliphatic carbocycles. The number of rotatable bonds is 3. The van der Waals surface area contributed by atoms with Crippen molar-refractivity contribution in [3.8, 4) is 0 Å². The maximum atomic E-state index is 10.0. The van der Waals surface area contributed by atoms with Crippen LogP contribution in [0.4, 0.5) is 0 Å². The average molecular weight is 329 g/mol. The number of hydrogen-bond donors (Lipinski definition) is 2.